The van der Waals surface area contributed by atoms with Crippen LogP contribution in [0, 0.1) is 6.92 Å². The van der Waals surface area contributed by atoms with Crippen LogP contribution in [0.25, 0.3) is 6.08 Å². The minimum absolute atomic E-state index is 0.0398. The van der Waals surface area contributed by atoms with Crippen LogP contribution < -0.4 is 9.47 Å². The van der Waals surface area contributed by atoms with Gasteiger partial charge in [0.05, 0.1) is 14.2 Å². The predicted molar refractivity (Wildman–Crippen MR) is 104 cm³/mol. The molecule has 2 aromatic rings. The summed E-state index contributed by atoms with van der Waals surface area (Å²) in [5, 5.41) is 0. The number of aromatic nitrogens is 1. The molecule has 0 unspecified atom stereocenters. The van der Waals surface area contributed by atoms with Gasteiger partial charge in [-0.25, -0.2) is 0 Å². The van der Waals surface area contributed by atoms with Gasteiger partial charge in [-0.05, 0) is 54.3 Å². The van der Waals surface area contributed by atoms with E-state index in [1.165, 1.54) is 0 Å². The third-order valence-electron chi connectivity index (χ3n) is 3.87. The van der Waals surface area contributed by atoms with Gasteiger partial charge in [0.15, 0.2) is 11.5 Å². The number of carbonyl (C=O) groups excluding carboxylic acids is 3. The van der Waals surface area contributed by atoms with Crippen molar-refractivity contribution in [3.05, 3.63) is 59.4 Å². The van der Waals surface area contributed by atoms with Crippen molar-refractivity contribution in [1.82, 2.24) is 9.88 Å². The molecule has 2 rings (SSSR count). The molecule has 1 amide bonds. The van der Waals surface area contributed by atoms with E-state index in [1.54, 1.807) is 50.7 Å². The van der Waals surface area contributed by atoms with Gasteiger partial charge in [0.25, 0.3) is 0 Å². The van der Waals surface area contributed by atoms with Crippen LogP contribution in [-0.4, -0.2) is 49.8 Å². The molecule has 7 heteroatoms. The number of nitrogens with zero attached hydrogens (tertiary/aromatic N) is 2. The first-order valence-electron chi connectivity index (χ1n) is 8.50. The highest BCUT2D eigenvalue weighted by atomic mass is 16.5. The van der Waals surface area contributed by atoms with Gasteiger partial charge in [0, 0.05) is 32.1 Å². The van der Waals surface area contributed by atoms with E-state index in [2.05, 4.69) is 4.98 Å². The molecule has 0 fully saturated rings. The largest absolute Gasteiger partial charge is 0.493 e. The summed E-state index contributed by atoms with van der Waals surface area (Å²) in [5.74, 6) is 1.35. The lowest BCUT2D eigenvalue weighted by atomic mass is 10.1. The quantitative estimate of drug-likeness (QED) is 0.682. The van der Waals surface area contributed by atoms with Crippen LogP contribution in [0.4, 0.5) is 0 Å². The first-order chi connectivity index (χ1) is 13.4. The van der Waals surface area contributed by atoms with Gasteiger partial charge < -0.3 is 14.4 Å². The molecule has 0 N–H and O–H groups in total. The first-order valence-corrected chi connectivity index (χ1v) is 8.50. The summed E-state index contributed by atoms with van der Waals surface area (Å²) in [7, 11) is 5.02. The molecule has 0 spiro atoms. The number of ether oxygens (including phenoxy) is 2. The summed E-state index contributed by atoms with van der Waals surface area (Å²) in [6.07, 6.45) is 7.87. The summed E-state index contributed by atoms with van der Waals surface area (Å²) in [4.78, 5) is 34.3. The molecule has 0 bridgehead atoms. The van der Waals surface area contributed by atoms with E-state index in [1.807, 2.05) is 31.2 Å². The van der Waals surface area contributed by atoms with Crippen molar-refractivity contribution in [2.75, 3.05) is 27.8 Å². The van der Waals surface area contributed by atoms with Gasteiger partial charge >= 0.3 is 6.15 Å². The maximum atomic E-state index is 12.2. The normalized spacial score (nSPS) is 9.86. The second-order valence-corrected chi connectivity index (χ2v) is 5.91. The second-order valence-electron chi connectivity index (χ2n) is 5.91. The first kappa shape index (κ1) is 22.6. The number of hydrogen-bond acceptors (Lipinski definition) is 6. The number of hydrogen-bond donors (Lipinski definition) is 0. The fourth-order valence-electron chi connectivity index (χ4n) is 2.41. The number of pyridine rings is 1. The summed E-state index contributed by atoms with van der Waals surface area (Å²) in [6.45, 7) is 2.59. The Kier molecular flexibility index (Phi) is 9.72. The number of methoxy groups -OCH3 is 2. The zero-order chi connectivity index (χ0) is 20.9. The van der Waals surface area contributed by atoms with Crippen LogP contribution in [0.15, 0.2) is 42.7 Å². The fraction of sp³-hybridized carbons (Fsp3) is 0.286. The highest BCUT2D eigenvalue weighted by Crippen LogP contribution is 2.27. The lowest BCUT2D eigenvalue weighted by Gasteiger charge is -2.16. The van der Waals surface area contributed by atoms with Crippen LogP contribution >= 0.6 is 0 Å². The Morgan fingerprint density at radius 1 is 1.14 bits per heavy atom. The van der Waals surface area contributed by atoms with Crippen molar-refractivity contribution in [1.29, 1.82) is 0 Å². The molecular weight excluding hydrogens is 360 g/mol. The van der Waals surface area contributed by atoms with Crippen molar-refractivity contribution in [3.63, 3.8) is 0 Å². The lowest BCUT2D eigenvalue weighted by Crippen LogP contribution is -2.27. The van der Waals surface area contributed by atoms with Crippen molar-refractivity contribution >= 4 is 18.1 Å². The van der Waals surface area contributed by atoms with Crippen molar-refractivity contribution in [2.45, 2.75) is 13.3 Å². The topological polar surface area (TPSA) is 85.8 Å². The molecule has 0 aliphatic rings. The Bertz CT molecular complexity index is 842. The highest BCUT2D eigenvalue weighted by Gasteiger charge is 2.08. The van der Waals surface area contributed by atoms with E-state index in [0.29, 0.717) is 18.0 Å². The van der Waals surface area contributed by atoms with E-state index in [9.17, 15) is 4.79 Å². The van der Waals surface area contributed by atoms with Crippen LogP contribution in [0.5, 0.6) is 11.5 Å². The smallest absolute Gasteiger partial charge is 0.373 e. The SMILES string of the molecule is COc1ccc(CCN(C)C(=O)/C=C/c2cncc(C)c2)cc1OC.O=C=O. The van der Waals surface area contributed by atoms with Gasteiger partial charge in [-0.15, -0.1) is 0 Å². The van der Waals surface area contributed by atoms with E-state index in [-0.39, 0.29) is 12.1 Å². The van der Waals surface area contributed by atoms with E-state index in [0.717, 1.165) is 23.1 Å². The maximum Gasteiger partial charge on any atom is 0.373 e. The molecule has 0 saturated carbocycles. The molecule has 1 aromatic heterocycles. The number of aryl methyl sites for hydroxylation is 1. The molecule has 1 aromatic carbocycles. The molecule has 1 heterocycles. The predicted octanol–water partition coefficient (Wildman–Crippen LogP) is 2.54. The van der Waals surface area contributed by atoms with E-state index in [4.69, 9.17) is 19.1 Å². The Morgan fingerprint density at radius 3 is 2.43 bits per heavy atom. The minimum atomic E-state index is -0.0398. The maximum absolute atomic E-state index is 12.2. The van der Waals surface area contributed by atoms with E-state index >= 15 is 0 Å². The van der Waals surface area contributed by atoms with Crippen LogP contribution in [-0.2, 0) is 20.8 Å². The van der Waals surface area contributed by atoms with Crippen molar-refractivity contribution in [2.24, 2.45) is 0 Å². The van der Waals surface area contributed by atoms with Gasteiger partial charge in [-0.3, -0.25) is 9.78 Å². The van der Waals surface area contributed by atoms with Crippen LogP contribution in [0.2, 0.25) is 0 Å². The molecule has 0 aliphatic heterocycles. The molecule has 0 saturated heterocycles. The lowest BCUT2D eigenvalue weighted by molar-refractivity contribution is -0.191. The highest BCUT2D eigenvalue weighted by molar-refractivity contribution is 5.91. The van der Waals surface area contributed by atoms with Gasteiger partial charge in [0.1, 0.15) is 0 Å². The summed E-state index contributed by atoms with van der Waals surface area (Å²) >= 11 is 0. The monoisotopic (exact) mass is 384 g/mol. The molecule has 0 radical (unpaired) electrons. The van der Waals surface area contributed by atoms with Crippen LogP contribution in [0.3, 0.4) is 0 Å². The fourth-order valence-corrected chi connectivity index (χ4v) is 2.41. The van der Waals surface area contributed by atoms with Gasteiger partial charge in [0.2, 0.25) is 5.91 Å². The number of amides is 1. The number of rotatable bonds is 7. The zero-order valence-corrected chi connectivity index (χ0v) is 16.5. The molecule has 28 heavy (non-hydrogen) atoms. The third kappa shape index (κ3) is 7.43. The molecule has 0 atom stereocenters. The molecule has 148 valence electrons. The Labute approximate surface area is 164 Å². The van der Waals surface area contributed by atoms with E-state index < -0.39 is 0 Å². The number of likely N-dealkylation sites (N-methyl/N-ethyl adjacent to an activating group) is 1. The summed E-state index contributed by atoms with van der Waals surface area (Å²) < 4.78 is 10.5. The number of benzene rings is 1. The van der Waals surface area contributed by atoms with Gasteiger partial charge in [-0.1, -0.05) is 6.07 Å². The molecule has 7 nitrogen and oxygen atoms in total. The standard InChI is InChI=1S/C20H24N2O3.CO2/c1-15-11-17(14-21-13-15)6-8-20(23)22(2)10-9-16-5-7-18(24-3)19(12-16)25-4;2-1-3/h5-8,11-14H,9-10H2,1-4H3;/b8-6+;. The van der Waals surface area contributed by atoms with Gasteiger partial charge in [-0.2, -0.15) is 9.59 Å². The Balaban J connectivity index is 0.00000122. The molecular formula is C21H24N2O5. The molecule has 0 aliphatic carbocycles. The third-order valence-corrected chi connectivity index (χ3v) is 3.87. The Hall–Kier alpha value is -3.44. The van der Waals surface area contributed by atoms with Crippen LogP contribution in [0.1, 0.15) is 16.7 Å². The zero-order valence-electron chi connectivity index (χ0n) is 16.5. The number of carbonyl (C=O) groups is 1. The van der Waals surface area contributed by atoms with Crippen molar-refractivity contribution < 1.29 is 23.9 Å². The second kappa shape index (κ2) is 12.0. The summed E-state index contributed by atoms with van der Waals surface area (Å²) in [5.41, 5.74) is 3.07. The average Bonchev–Trinajstić information content (AvgIpc) is 2.70. The Morgan fingerprint density at radius 2 is 1.82 bits per heavy atom. The van der Waals surface area contributed by atoms with Crippen molar-refractivity contribution in [3.8, 4) is 11.5 Å². The summed E-state index contributed by atoms with van der Waals surface area (Å²) in [6, 6.07) is 7.78. The average molecular weight is 384 g/mol. The minimum Gasteiger partial charge on any atom is -0.493 e.